The third-order valence-corrected chi connectivity index (χ3v) is 7.74. The lowest BCUT2D eigenvalue weighted by Crippen LogP contribution is -2.66. The number of rotatable bonds is 4. The molecular formula is C16H32N2O2S. The zero-order chi connectivity index (χ0) is 15.7. The molecule has 0 amide bonds. The van der Waals surface area contributed by atoms with Crippen molar-refractivity contribution >= 4 is 9.84 Å². The zero-order valence-corrected chi connectivity index (χ0v) is 14.9. The van der Waals surface area contributed by atoms with Crippen LogP contribution in [0.4, 0.5) is 0 Å². The quantitative estimate of drug-likeness (QED) is 0.864. The third-order valence-electron chi connectivity index (χ3n) is 5.60. The van der Waals surface area contributed by atoms with E-state index in [4.69, 9.17) is 0 Å². The Labute approximate surface area is 130 Å². The second-order valence-electron chi connectivity index (χ2n) is 7.72. The molecule has 1 saturated heterocycles. The van der Waals surface area contributed by atoms with E-state index in [2.05, 4.69) is 17.1 Å². The van der Waals surface area contributed by atoms with Crippen molar-refractivity contribution in [2.45, 2.75) is 75.6 Å². The maximum atomic E-state index is 12.0. The summed E-state index contributed by atoms with van der Waals surface area (Å²) >= 11 is 0. The molecule has 1 spiro atoms. The molecule has 1 saturated carbocycles. The van der Waals surface area contributed by atoms with Gasteiger partial charge in [0.15, 0.2) is 9.84 Å². The first-order chi connectivity index (χ1) is 9.69. The van der Waals surface area contributed by atoms with Crippen molar-refractivity contribution in [1.82, 2.24) is 10.2 Å². The molecule has 1 aliphatic carbocycles. The highest BCUT2D eigenvalue weighted by molar-refractivity contribution is 7.92. The van der Waals surface area contributed by atoms with E-state index in [0.717, 1.165) is 19.5 Å². The molecule has 0 radical (unpaired) electrons. The van der Waals surface area contributed by atoms with Gasteiger partial charge in [0.1, 0.15) is 0 Å². The fourth-order valence-corrected chi connectivity index (χ4v) is 4.19. The van der Waals surface area contributed by atoms with Crippen LogP contribution < -0.4 is 5.32 Å². The average Bonchev–Trinajstić information content (AvgIpc) is 2.38. The minimum atomic E-state index is -3.04. The molecular weight excluding hydrogens is 284 g/mol. The summed E-state index contributed by atoms with van der Waals surface area (Å²) in [6.07, 6.45) is 8.85. The minimum Gasteiger partial charge on any atom is -0.308 e. The van der Waals surface area contributed by atoms with Crippen molar-refractivity contribution in [1.29, 1.82) is 0 Å². The molecule has 0 aromatic carbocycles. The van der Waals surface area contributed by atoms with Crippen molar-refractivity contribution in [3.8, 4) is 0 Å². The lowest BCUT2D eigenvalue weighted by atomic mass is 9.79. The second kappa shape index (κ2) is 6.17. The Morgan fingerprint density at radius 3 is 2.38 bits per heavy atom. The van der Waals surface area contributed by atoms with E-state index in [1.54, 1.807) is 0 Å². The van der Waals surface area contributed by atoms with Crippen molar-refractivity contribution in [3.05, 3.63) is 0 Å². The van der Waals surface area contributed by atoms with Gasteiger partial charge in [0.25, 0.3) is 0 Å². The fourth-order valence-electron chi connectivity index (χ4n) is 3.79. The first-order valence-corrected chi connectivity index (χ1v) is 10.3. The Morgan fingerprint density at radius 1 is 1.24 bits per heavy atom. The van der Waals surface area contributed by atoms with Crippen molar-refractivity contribution in [3.63, 3.8) is 0 Å². The van der Waals surface area contributed by atoms with Gasteiger partial charge in [0.05, 0.1) is 4.75 Å². The lowest BCUT2D eigenvalue weighted by molar-refractivity contribution is 0.0486. The van der Waals surface area contributed by atoms with Crippen LogP contribution in [0.3, 0.4) is 0 Å². The van der Waals surface area contributed by atoms with Gasteiger partial charge in [0, 0.05) is 37.5 Å². The Balaban J connectivity index is 2.13. The van der Waals surface area contributed by atoms with E-state index in [9.17, 15) is 8.42 Å². The van der Waals surface area contributed by atoms with Gasteiger partial charge >= 0.3 is 0 Å². The van der Waals surface area contributed by atoms with Crippen molar-refractivity contribution in [2.75, 3.05) is 25.9 Å². The number of hydrogen-bond donors (Lipinski definition) is 1. The van der Waals surface area contributed by atoms with Gasteiger partial charge in [-0.05, 0) is 33.1 Å². The normalized spacial score (nSPS) is 27.9. The van der Waals surface area contributed by atoms with Gasteiger partial charge in [-0.3, -0.25) is 4.90 Å². The molecule has 1 aliphatic heterocycles. The Morgan fingerprint density at radius 2 is 1.86 bits per heavy atom. The summed E-state index contributed by atoms with van der Waals surface area (Å²) in [5, 5.41) is 3.80. The highest BCUT2D eigenvalue weighted by Crippen LogP contribution is 2.33. The molecule has 1 unspecified atom stereocenters. The Kier molecular flexibility index (Phi) is 5.06. The average molecular weight is 317 g/mol. The fraction of sp³-hybridized carbons (Fsp3) is 1.00. The summed E-state index contributed by atoms with van der Waals surface area (Å²) in [5.41, 5.74) is 0.234. The van der Waals surface area contributed by atoms with Crippen LogP contribution in [0.1, 0.15) is 59.3 Å². The van der Waals surface area contributed by atoms with Crippen LogP contribution in [0, 0.1) is 0 Å². The minimum absolute atomic E-state index is 0.234. The SMILES string of the molecule is CCC1CNC2(CCCCC2)CN1CC(C)(C)S(C)(=O)=O. The molecule has 0 bridgehead atoms. The van der Waals surface area contributed by atoms with Crippen LogP contribution in [-0.4, -0.2) is 55.5 Å². The van der Waals surface area contributed by atoms with Gasteiger partial charge in [-0.15, -0.1) is 0 Å². The molecule has 21 heavy (non-hydrogen) atoms. The summed E-state index contributed by atoms with van der Waals surface area (Å²) in [7, 11) is -3.04. The predicted molar refractivity (Wildman–Crippen MR) is 88.4 cm³/mol. The predicted octanol–water partition coefficient (Wildman–Crippen LogP) is 2.20. The van der Waals surface area contributed by atoms with Crippen LogP contribution in [0.25, 0.3) is 0 Å². The first-order valence-electron chi connectivity index (χ1n) is 8.38. The van der Waals surface area contributed by atoms with Gasteiger partial charge in [-0.1, -0.05) is 26.2 Å². The summed E-state index contributed by atoms with van der Waals surface area (Å²) in [4.78, 5) is 2.45. The van der Waals surface area contributed by atoms with E-state index in [-0.39, 0.29) is 5.54 Å². The zero-order valence-electron chi connectivity index (χ0n) is 14.1. The van der Waals surface area contributed by atoms with Gasteiger partial charge in [-0.25, -0.2) is 8.42 Å². The standard InChI is InChI=1S/C16H32N2O2S/c1-5-14-11-17-16(9-7-6-8-10-16)13-18(14)12-15(2,3)21(4,19)20/h14,17H,5-13H2,1-4H3. The van der Waals surface area contributed by atoms with Crippen LogP contribution in [0.5, 0.6) is 0 Å². The third kappa shape index (κ3) is 3.80. The van der Waals surface area contributed by atoms with E-state index in [1.165, 1.54) is 38.4 Å². The molecule has 5 heteroatoms. The second-order valence-corrected chi connectivity index (χ2v) is 10.4. The lowest BCUT2D eigenvalue weighted by Gasteiger charge is -2.51. The Hall–Kier alpha value is -0.130. The van der Waals surface area contributed by atoms with E-state index in [1.807, 2.05) is 13.8 Å². The van der Waals surface area contributed by atoms with Crippen LogP contribution >= 0.6 is 0 Å². The summed E-state index contributed by atoms with van der Waals surface area (Å²) in [5.74, 6) is 0. The molecule has 1 heterocycles. The van der Waals surface area contributed by atoms with Gasteiger partial charge < -0.3 is 5.32 Å². The van der Waals surface area contributed by atoms with Crippen molar-refractivity contribution in [2.24, 2.45) is 0 Å². The number of hydrogen-bond acceptors (Lipinski definition) is 4. The molecule has 2 aliphatic rings. The molecule has 2 rings (SSSR count). The highest BCUT2D eigenvalue weighted by Gasteiger charge is 2.42. The van der Waals surface area contributed by atoms with Crippen molar-refractivity contribution < 1.29 is 8.42 Å². The molecule has 1 N–H and O–H groups in total. The molecule has 2 fully saturated rings. The summed E-state index contributed by atoms with van der Waals surface area (Å²) in [6.45, 7) is 8.58. The van der Waals surface area contributed by atoms with Crippen LogP contribution in [-0.2, 0) is 9.84 Å². The molecule has 4 nitrogen and oxygen atoms in total. The number of piperazine rings is 1. The largest absolute Gasteiger partial charge is 0.308 e. The molecule has 0 aromatic rings. The monoisotopic (exact) mass is 316 g/mol. The molecule has 0 aromatic heterocycles. The maximum Gasteiger partial charge on any atom is 0.153 e. The van der Waals surface area contributed by atoms with Crippen LogP contribution in [0.2, 0.25) is 0 Å². The Bertz CT molecular complexity index is 453. The number of nitrogens with one attached hydrogen (secondary N) is 1. The first kappa shape index (κ1) is 17.2. The maximum absolute atomic E-state index is 12.0. The smallest absolute Gasteiger partial charge is 0.153 e. The number of sulfone groups is 1. The molecule has 124 valence electrons. The van der Waals surface area contributed by atoms with Crippen LogP contribution in [0.15, 0.2) is 0 Å². The van der Waals surface area contributed by atoms with E-state index in [0.29, 0.717) is 12.6 Å². The summed E-state index contributed by atoms with van der Waals surface area (Å²) < 4.78 is 23.4. The van der Waals surface area contributed by atoms with Gasteiger partial charge in [0.2, 0.25) is 0 Å². The topological polar surface area (TPSA) is 49.4 Å². The highest BCUT2D eigenvalue weighted by atomic mass is 32.2. The summed E-state index contributed by atoms with van der Waals surface area (Å²) in [6, 6.07) is 0.457. The molecule has 1 atom stereocenters. The van der Waals surface area contributed by atoms with E-state index >= 15 is 0 Å². The van der Waals surface area contributed by atoms with E-state index < -0.39 is 14.6 Å². The van der Waals surface area contributed by atoms with Gasteiger partial charge in [-0.2, -0.15) is 0 Å². The number of nitrogens with zero attached hydrogens (tertiary/aromatic N) is 1.